The second-order valence-corrected chi connectivity index (χ2v) is 10.1. The second-order valence-electron chi connectivity index (χ2n) is 10.1. The molecule has 0 unspecified atom stereocenters. The van der Waals surface area contributed by atoms with Crippen molar-refractivity contribution in [2.75, 3.05) is 50.0 Å². The van der Waals surface area contributed by atoms with E-state index >= 15 is 0 Å². The number of hydrogen-bond donors (Lipinski definition) is 1. The zero-order valence-corrected chi connectivity index (χ0v) is 21.1. The smallest absolute Gasteiger partial charge is 0.224 e. The maximum absolute atomic E-state index is 5.09. The third-order valence-corrected chi connectivity index (χ3v) is 7.24. The van der Waals surface area contributed by atoms with Gasteiger partial charge in [0.25, 0.3) is 0 Å². The van der Waals surface area contributed by atoms with Crippen LogP contribution in [0.15, 0.2) is 0 Å². The minimum Gasteiger partial charge on any atom is -0.356 e. The Hall–Kier alpha value is -1.36. The first-order chi connectivity index (χ1) is 15.8. The SMILES string of the molecule is CCCCCCCCCN(C)CCNc1nc2c(c(N3CCCCCC3)n1)CCCCC2. The lowest BCUT2D eigenvalue weighted by atomic mass is 10.1. The largest absolute Gasteiger partial charge is 0.356 e. The van der Waals surface area contributed by atoms with Crippen LogP contribution in [-0.4, -0.2) is 54.6 Å². The first-order valence-electron chi connectivity index (χ1n) is 13.8. The van der Waals surface area contributed by atoms with Gasteiger partial charge in [0.05, 0.1) is 5.69 Å². The summed E-state index contributed by atoms with van der Waals surface area (Å²) in [5.41, 5.74) is 2.77. The number of aryl methyl sites for hydroxylation is 1. The minimum absolute atomic E-state index is 0.856. The molecule has 3 rings (SSSR count). The lowest BCUT2D eigenvalue weighted by Crippen LogP contribution is -2.29. The third kappa shape index (κ3) is 8.53. The number of nitrogens with one attached hydrogen (secondary N) is 1. The molecule has 0 spiro atoms. The number of nitrogens with zero attached hydrogens (tertiary/aromatic N) is 4. The summed E-state index contributed by atoms with van der Waals surface area (Å²) >= 11 is 0. The molecule has 2 heterocycles. The average Bonchev–Trinajstić information content (AvgIpc) is 3.21. The molecule has 0 saturated carbocycles. The Kier molecular flexibility index (Phi) is 11.6. The molecule has 0 amide bonds. The van der Waals surface area contributed by atoms with Gasteiger partial charge in [0.2, 0.25) is 5.95 Å². The number of hydrogen-bond acceptors (Lipinski definition) is 5. The molecule has 1 aliphatic heterocycles. The van der Waals surface area contributed by atoms with E-state index in [0.717, 1.165) is 45.0 Å². The van der Waals surface area contributed by atoms with Crippen molar-refractivity contribution >= 4 is 11.8 Å². The Bertz CT molecular complexity index is 639. The van der Waals surface area contributed by atoms with E-state index in [0.29, 0.717) is 0 Å². The van der Waals surface area contributed by atoms with E-state index in [1.807, 2.05) is 0 Å². The zero-order chi connectivity index (χ0) is 22.4. The van der Waals surface area contributed by atoms with E-state index < -0.39 is 0 Å². The molecular weight excluding hydrogens is 394 g/mol. The van der Waals surface area contributed by atoms with Crippen molar-refractivity contribution in [2.24, 2.45) is 0 Å². The normalized spacial score (nSPS) is 17.2. The van der Waals surface area contributed by atoms with Gasteiger partial charge in [-0.2, -0.15) is 4.98 Å². The van der Waals surface area contributed by atoms with Gasteiger partial charge >= 0.3 is 0 Å². The minimum atomic E-state index is 0.856. The maximum Gasteiger partial charge on any atom is 0.224 e. The summed E-state index contributed by atoms with van der Waals surface area (Å²) in [7, 11) is 2.25. The van der Waals surface area contributed by atoms with E-state index in [4.69, 9.17) is 9.97 Å². The summed E-state index contributed by atoms with van der Waals surface area (Å²) < 4.78 is 0. The van der Waals surface area contributed by atoms with Gasteiger partial charge < -0.3 is 15.1 Å². The summed E-state index contributed by atoms with van der Waals surface area (Å²) in [6, 6.07) is 0. The van der Waals surface area contributed by atoms with E-state index in [2.05, 4.69) is 29.1 Å². The lowest BCUT2D eigenvalue weighted by molar-refractivity contribution is 0.335. The third-order valence-electron chi connectivity index (χ3n) is 7.24. The Morgan fingerprint density at radius 3 is 2.25 bits per heavy atom. The number of unbranched alkanes of at least 4 members (excludes halogenated alkanes) is 6. The molecule has 1 aliphatic carbocycles. The first-order valence-corrected chi connectivity index (χ1v) is 13.8. The molecule has 1 saturated heterocycles. The molecule has 0 bridgehead atoms. The monoisotopic (exact) mass is 443 g/mol. The molecule has 1 aromatic heterocycles. The van der Waals surface area contributed by atoms with Gasteiger partial charge in [0, 0.05) is 31.7 Å². The summed E-state index contributed by atoms with van der Waals surface area (Å²) in [5.74, 6) is 2.10. The van der Waals surface area contributed by atoms with Gasteiger partial charge in [-0.25, -0.2) is 4.98 Å². The Morgan fingerprint density at radius 1 is 0.781 bits per heavy atom. The molecular formula is C27H49N5. The van der Waals surface area contributed by atoms with Crippen LogP contribution in [0.3, 0.4) is 0 Å². The summed E-state index contributed by atoms with van der Waals surface area (Å²) in [4.78, 5) is 15.1. The molecule has 0 aromatic carbocycles. The van der Waals surface area contributed by atoms with Crippen LogP contribution >= 0.6 is 0 Å². The van der Waals surface area contributed by atoms with Gasteiger partial charge in [-0.1, -0.05) is 64.7 Å². The fraction of sp³-hybridized carbons (Fsp3) is 0.852. The quantitative estimate of drug-likeness (QED) is 0.289. The predicted octanol–water partition coefficient (Wildman–Crippen LogP) is 6.22. The Balaban J connectivity index is 1.49. The molecule has 2 aliphatic rings. The average molecular weight is 444 g/mol. The Labute approximate surface area is 197 Å². The molecule has 1 aromatic rings. The van der Waals surface area contributed by atoms with Crippen molar-refractivity contribution in [3.8, 4) is 0 Å². The van der Waals surface area contributed by atoms with E-state index in [9.17, 15) is 0 Å². The topological polar surface area (TPSA) is 44.3 Å². The molecule has 1 N–H and O–H groups in total. The molecule has 182 valence electrons. The van der Waals surface area contributed by atoms with Crippen LogP contribution < -0.4 is 10.2 Å². The molecule has 0 atom stereocenters. The van der Waals surface area contributed by atoms with E-state index in [1.165, 1.54) is 114 Å². The van der Waals surface area contributed by atoms with Crippen molar-refractivity contribution in [3.63, 3.8) is 0 Å². The highest BCUT2D eigenvalue weighted by Crippen LogP contribution is 2.30. The summed E-state index contributed by atoms with van der Waals surface area (Å²) in [6.07, 6.45) is 21.1. The number of anilines is 2. The van der Waals surface area contributed by atoms with Crippen molar-refractivity contribution in [1.29, 1.82) is 0 Å². The number of rotatable bonds is 13. The van der Waals surface area contributed by atoms with Crippen LogP contribution in [0.25, 0.3) is 0 Å². The van der Waals surface area contributed by atoms with Crippen LogP contribution in [0.1, 0.15) is 108 Å². The van der Waals surface area contributed by atoms with Crippen LogP contribution in [0.4, 0.5) is 11.8 Å². The van der Waals surface area contributed by atoms with E-state index in [-0.39, 0.29) is 0 Å². The second kappa shape index (κ2) is 14.7. The molecule has 5 nitrogen and oxygen atoms in total. The molecule has 5 heteroatoms. The highest BCUT2D eigenvalue weighted by Gasteiger charge is 2.21. The van der Waals surface area contributed by atoms with Gasteiger partial charge in [0.1, 0.15) is 5.82 Å². The van der Waals surface area contributed by atoms with Gasteiger partial charge in [-0.05, 0) is 58.5 Å². The van der Waals surface area contributed by atoms with Crippen LogP contribution in [0.5, 0.6) is 0 Å². The number of aromatic nitrogens is 2. The highest BCUT2D eigenvalue weighted by atomic mass is 15.2. The standard InChI is InChI=1S/C27H49N5/c1-3-4-5-6-7-8-14-20-31(2)23-19-28-27-29-25-18-13-11-12-17-24(25)26(30-27)32-21-15-9-10-16-22-32/h3-23H2,1-2H3,(H,28,29,30). The molecule has 32 heavy (non-hydrogen) atoms. The fourth-order valence-electron chi connectivity index (χ4n) is 5.18. The van der Waals surface area contributed by atoms with Crippen molar-refractivity contribution in [1.82, 2.24) is 14.9 Å². The van der Waals surface area contributed by atoms with E-state index in [1.54, 1.807) is 0 Å². The first kappa shape index (κ1) is 25.3. The summed E-state index contributed by atoms with van der Waals surface area (Å²) in [5, 5.41) is 3.58. The van der Waals surface area contributed by atoms with Crippen molar-refractivity contribution in [3.05, 3.63) is 11.3 Å². The van der Waals surface area contributed by atoms with Crippen LogP contribution in [-0.2, 0) is 12.8 Å². The van der Waals surface area contributed by atoms with Gasteiger partial charge in [-0.15, -0.1) is 0 Å². The van der Waals surface area contributed by atoms with Crippen LogP contribution in [0, 0.1) is 0 Å². The van der Waals surface area contributed by atoms with Crippen LogP contribution in [0.2, 0.25) is 0 Å². The Morgan fingerprint density at radius 2 is 1.47 bits per heavy atom. The number of fused-ring (bicyclic) bond motifs is 1. The van der Waals surface area contributed by atoms with Crippen molar-refractivity contribution in [2.45, 2.75) is 110 Å². The van der Waals surface area contributed by atoms with Gasteiger partial charge in [-0.3, -0.25) is 0 Å². The zero-order valence-electron chi connectivity index (χ0n) is 21.1. The molecule has 0 radical (unpaired) electrons. The summed E-state index contributed by atoms with van der Waals surface area (Å²) in [6.45, 7) is 7.77. The lowest BCUT2D eigenvalue weighted by Gasteiger charge is -2.26. The maximum atomic E-state index is 5.09. The molecule has 1 fully saturated rings. The van der Waals surface area contributed by atoms with Crippen molar-refractivity contribution < 1.29 is 0 Å². The fourth-order valence-corrected chi connectivity index (χ4v) is 5.18. The highest BCUT2D eigenvalue weighted by molar-refractivity contribution is 5.53. The predicted molar refractivity (Wildman–Crippen MR) is 138 cm³/mol. The van der Waals surface area contributed by atoms with Gasteiger partial charge in [0.15, 0.2) is 0 Å². The number of likely N-dealkylation sites (N-methyl/N-ethyl adjacent to an activating group) is 1.